The molecule has 3 heteroatoms. The number of aromatic nitrogens is 1. The average Bonchev–Trinajstić information content (AvgIpc) is 2.82. The summed E-state index contributed by atoms with van der Waals surface area (Å²) in [7, 11) is 0. The summed E-state index contributed by atoms with van der Waals surface area (Å²) in [5, 5.41) is 3.44. The van der Waals surface area contributed by atoms with Crippen LogP contribution in [0.4, 0.5) is 6.01 Å². The van der Waals surface area contributed by atoms with Crippen LogP contribution in [0.3, 0.4) is 0 Å². The van der Waals surface area contributed by atoms with Crippen LogP contribution in [0.5, 0.6) is 0 Å². The molecule has 1 aromatic carbocycles. The predicted molar refractivity (Wildman–Crippen MR) is 73.7 cm³/mol. The quantitative estimate of drug-likeness (QED) is 0.879. The number of oxazole rings is 1. The first-order chi connectivity index (χ1) is 8.85. The van der Waals surface area contributed by atoms with E-state index in [1.165, 1.54) is 32.1 Å². The smallest absolute Gasteiger partial charge is 0.295 e. The van der Waals surface area contributed by atoms with Crippen molar-refractivity contribution in [3.8, 4) is 0 Å². The largest absolute Gasteiger partial charge is 0.424 e. The minimum Gasteiger partial charge on any atom is -0.424 e. The lowest BCUT2D eigenvalue weighted by Crippen LogP contribution is -2.25. The molecule has 1 N–H and O–H groups in total. The second-order valence-electron chi connectivity index (χ2n) is 5.26. The summed E-state index contributed by atoms with van der Waals surface area (Å²) in [5.74, 6) is 0.923. The molecule has 1 saturated carbocycles. The van der Waals surface area contributed by atoms with Crippen LogP contribution < -0.4 is 5.32 Å². The molecule has 3 rings (SSSR count). The highest BCUT2D eigenvalue weighted by atomic mass is 16.4. The molecule has 1 heterocycles. The number of nitrogens with zero attached hydrogens (tertiary/aromatic N) is 1. The van der Waals surface area contributed by atoms with Gasteiger partial charge in [-0.2, -0.15) is 4.98 Å². The van der Waals surface area contributed by atoms with Crippen LogP contribution in [0.1, 0.15) is 39.0 Å². The van der Waals surface area contributed by atoms with E-state index >= 15 is 0 Å². The topological polar surface area (TPSA) is 38.1 Å². The van der Waals surface area contributed by atoms with E-state index in [0.29, 0.717) is 12.1 Å². The fourth-order valence-corrected chi connectivity index (χ4v) is 2.82. The van der Waals surface area contributed by atoms with Crippen molar-refractivity contribution in [1.29, 1.82) is 0 Å². The van der Waals surface area contributed by atoms with E-state index < -0.39 is 0 Å². The standard InChI is InChI=1S/C15H20N2O/c1-2-11-7-9-12(10-8-11)16-15-17-13-5-3-4-6-14(13)18-15/h3-6,11-12H,2,7-10H2,1H3,(H,16,17). The predicted octanol–water partition coefficient (Wildman–Crippen LogP) is 4.21. The number of nitrogens with one attached hydrogen (secondary N) is 1. The van der Waals surface area contributed by atoms with Gasteiger partial charge in [-0.1, -0.05) is 25.5 Å². The van der Waals surface area contributed by atoms with Crippen molar-refractivity contribution in [3.05, 3.63) is 24.3 Å². The molecule has 1 aliphatic rings. The third kappa shape index (κ3) is 2.35. The fourth-order valence-electron chi connectivity index (χ4n) is 2.82. The van der Waals surface area contributed by atoms with E-state index in [-0.39, 0.29) is 0 Å². The summed E-state index contributed by atoms with van der Waals surface area (Å²) in [6.07, 6.45) is 6.44. The first kappa shape index (κ1) is 11.6. The summed E-state index contributed by atoms with van der Waals surface area (Å²) in [6.45, 7) is 2.29. The Morgan fingerprint density at radius 2 is 2.00 bits per heavy atom. The van der Waals surface area contributed by atoms with Gasteiger partial charge in [0.2, 0.25) is 0 Å². The van der Waals surface area contributed by atoms with Crippen LogP contribution in [0, 0.1) is 5.92 Å². The lowest BCUT2D eigenvalue weighted by molar-refractivity contribution is 0.327. The highest BCUT2D eigenvalue weighted by molar-refractivity contribution is 5.74. The molecule has 18 heavy (non-hydrogen) atoms. The Bertz CT molecular complexity index is 479. The summed E-state index contributed by atoms with van der Waals surface area (Å²) in [5.41, 5.74) is 1.80. The Morgan fingerprint density at radius 3 is 2.72 bits per heavy atom. The zero-order chi connectivity index (χ0) is 12.4. The van der Waals surface area contributed by atoms with Crippen LogP contribution in [-0.2, 0) is 0 Å². The number of anilines is 1. The average molecular weight is 244 g/mol. The lowest BCUT2D eigenvalue weighted by atomic mass is 9.85. The van der Waals surface area contributed by atoms with Crippen LogP contribution in [-0.4, -0.2) is 11.0 Å². The van der Waals surface area contributed by atoms with Gasteiger partial charge in [-0.25, -0.2) is 0 Å². The van der Waals surface area contributed by atoms with Crippen molar-refractivity contribution in [1.82, 2.24) is 4.98 Å². The van der Waals surface area contributed by atoms with Crippen molar-refractivity contribution in [2.45, 2.75) is 45.1 Å². The first-order valence-electron chi connectivity index (χ1n) is 6.97. The van der Waals surface area contributed by atoms with Gasteiger partial charge in [0.1, 0.15) is 5.52 Å². The van der Waals surface area contributed by atoms with Gasteiger partial charge in [0.05, 0.1) is 0 Å². The van der Waals surface area contributed by atoms with E-state index in [9.17, 15) is 0 Å². The Balaban J connectivity index is 1.66. The maximum Gasteiger partial charge on any atom is 0.295 e. The first-order valence-corrected chi connectivity index (χ1v) is 6.97. The molecule has 0 aliphatic heterocycles. The molecule has 0 radical (unpaired) electrons. The minimum atomic E-state index is 0.529. The van der Waals surface area contributed by atoms with E-state index in [0.717, 1.165) is 17.0 Å². The summed E-state index contributed by atoms with van der Waals surface area (Å²) >= 11 is 0. The van der Waals surface area contributed by atoms with Crippen molar-refractivity contribution in [2.75, 3.05) is 5.32 Å². The van der Waals surface area contributed by atoms with Gasteiger partial charge in [-0.15, -0.1) is 0 Å². The fraction of sp³-hybridized carbons (Fsp3) is 0.533. The SMILES string of the molecule is CCC1CCC(Nc2nc3ccccc3o2)CC1. The zero-order valence-corrected chi connectivity index (χ0v) is 10.9. The minimum absolute atomic E-state index is 0.529. The number of hydrogen-bond acceptors (Lipinski definition) is 3. The van der Waals surface area contributed by atoms with E-state index in [4.69, 9.17) is 4.42 Å². The molecule has 0 atom stereocenters. The number of rotatable bonds is 3. The van der Waals surface area contributed by atoms with Crippen LogP contribution in [0.15, 0.2) is 28.7 Å². The van der Waals surface area contributed by atoms with Crippen LogP contribution in [0.25, 0.3) is 11.1 Å². The Kier molecular flexibility index (Phi) is 3.22. The molecule has 0 bridgehead atoms. The number of fused-ring (bicyclic) bond motifs is 1. The molecule has 0 amide bonds. The Hall–Kier alpha value is -1.51. The molecule has 2 aromatic rings. The number of benzene rings is 1. The third-order valence-electron chi connectivity index (χ3n) is 4.05. The van der Waals surface area contributed by atoms with Crippen molar-refractivity contribution < 1.29 is 4.42 Å². The summed E-state index contributed by atoms with van der Waals surface area (Å²) in [6, 6.07) is 9.11. The molecule has 3 nitrogen and oxygen atoms in total. The van der Waals surface area contributed by atoms with E-state index in [1.807, 2.05) is 24.3 Å². The Morgan fingerprint density at radius 1 is 1.22 bits per heavy atom. The number of hydrogen-bond donors (Lipinski definition) is 1. The molecule has 0 unspecified atom stereocenters. The molecule has 1 fully saturated rings. The molecule has 1 aliphatic carbocycles. The highest BCUT2D eigenvalue weighted by Gasteiger charge is 2.21. The van der Waals surface area contributed by atoms with Gasteiger partial charge in [0.15, 0.2) is 5.58 Å². The molecule has 96 valence electrons. The molecule has 1 aromatic heterocycles. The molecule has 0 spiro atoms. The molecule has 0 saturated heterocycles. The van der Waals surface area contributed by atoms with Crippen molar-refractivity contribution >= 4 is 17.1 Å². The van der Waals surface area contributed by atoms with E-state index in [1.54, 1.807) is 0 Å². The van der Waals surface area contributed by atoms with Crippen molar-refractivity contribution in [2.24, 2.45) is 5.92 Å². The van der Waals surface area contributed by atoms with Gasteiger partial charge >= 0.3 is 0 Å². The van der Waals surface area contributed by atoms with Crippen LogP contribution in [0.2, 0.25) is 0 Å². The number of para-hydroxylation sites is 2. The second-order valence-corrected chi connectivity index (χ2v) is 5.26. The monoisotopic (exact) mass is 244 g/mol. The normalized spacial score (nSPS) is 24.3. The zero-order valence-electron chi connectivity index (χ0n) is 10.9. The highest BCUT2D eigenvalue weighted by Crippen LogP contribution is 2.29. The third-order valence-corrected chi connectivity index (χ3v) is 4.05. The summed E-state index contributed by atoms with van der Waals surface area (Å²) in [4.78, 5) is 4.47. The van der Waals surface area contributed by atoms with Crippen molar-refractivity contribution in [3.63, 3.8) is 0 Å². The van der Waals surface area contributed by atoms with Gasteiger partial charge in [0, 0.05) is 6.04 Å². The van der Waals surface area contributed by atoms with Gasteiger partial charge in [-0.3, -0.25) is 0 Å². The molecular formula is C15H20N2O. The maximum atomic E-state index is 5.70. The van der Waals surface area contributed by atoms with Gasteiger partial charge < -0.3 is 9.73 Å². The Labute approximate surface area is 108 Å². The lowest BCUT2D eigenvalue weighted by Gasteiger charge is -2.27. The summed E-state index contributed by atoms with van der Waals surface area (Å²) < 4.78 is 5.70. The maximum absolute atomic E-state index is 5.70. The van der Waals surface area contributed by atoms with Crippen LogP contribution >= 0.6 is 0 Å². The van der Waals surface area contributed by atoms with Gasteiger partial charge in [-0.05, 0) is 43.7 Å². The molecular weight excluding hydrogens is 224 g/mol. The second kappa shape index (κ2) is 5.01. The van der Waals surface area contributed by atoms with E-state index in [2.05, 4.69) is 17.2 Å². The van der Waals surface area contributed by atoms with Gasteiger partial charge in [0.25, 0.3) is 6.01 Å².